The molecular weight excluding hydrogens is 264 g/mol. The van der Waals surface area contributed by atoms with Crippen molar-refractivity contribution in [1.82, 2.24) is 0 Å². The van der Waals surface area contributed by atoms with Crippen molar-refractivity contribution < 1.29 is 5.32 Å². The van der Waals surface area contributed by atoms with Gasteiger partial charge in [0.05, 0.1) is 11.6 Å². The van der Waals surface area contributed by atoms with Gasteiger partial charge in [0.2, 0.25) is 6.04 Å². The Morgan fingerprint density at radius 2 is 2.11 bits per heavy atom. The molecule has 2 N–H and O–H groups in total. The molecule has 18 heavy (non-hydrogen) atoms. The number of nitrogens with zero attached hydrogens (tertiary/aromatic N) is 1. The first kappa shape index (κ1) is 13.1. The van der Waals surface area contributed by atoms with Gasteiger partial charge in [-0.15, -0.1) is 11.3 Å². The van der Waals surface area contributed by atoms with Gasteiger partial charge >= 0.3 is 0 Å². The summed E-state index contributed by atoms with van der Waals surface area (Å²) in [7, 11) is 0. The minimum absolute atomic E-state index is 0.223. The average Bonchev–Trinajstić information content (AvgIpc) is 2.89. The molecule has 0 aliphatic rings. The summed E-state index contributed by atoms with van der Waals surface area (Å²) < 4.78 is 0. The van der Waals surface area contributed by atoms with Gasteiger partial charge in [-0.2, -0.15) is 5.26 Å². The Morgan fingerprint density at radius 3 is 2.78 bits per heavy atom. The van der Waals surface area contributed by atoms with Gasteiger partial charge < -0.3 is 5.32 Å². The zero-order chi connectivity index (χ0) is 12.8. The van der Waals surface area contributed by atoms with E-state index in [1.165, 1.54) is 4.88 Å². The topological polar surface area (TPSA) is 40.4 Å². The van der Waals surface area contributed by atoms with Crippen LogP contribution in [-0.4, -0.2) is 6.54 Å². The summed E-state index contributed by atoms with van der Waals surface area (Å²) in [5.41, 5.74) is 0.896. The van der Waals surface area contributed by atoms with E-state index in [9.17, 15) is 5.26 Å². The summed E-state index contributed by atoms with van der Waals surface area (Å²) in [6, 6.07) is 13.8. The van der Waals surface area contributed by atoms with Gasteiger partial charge in [0.1, 0.15) is 6.07 Å². The Kier molecular flexibility index (Phi) is 4.77. The lowest BCUT2D eigenvalue weighted by atomic mass is 10.1. The molecule has 0 saturated carbocycles. The molecule has 2 nitrogen and oxygen atoms in total. The van der Waals surface area contributed by atoms with Crippen molar-refractivity contribution in [3.8, 4) is 6.07 Å². The third-order valence-corrected chi connectivity index (χ3v) is 4.03. The molecule has 4 heteroatoms. The molecule has 2 aromatic rings. The molecular formula is C14H14ClN2S+. The van der Waals surface area contributed by atoms with Crippen LogP contribution >= 0.6 is 22.9 Å². The normalized spacial score (nSPS) is 12.0. The standard InChI is InChI=1S/C14H13ClN2S/c15-13-6-2-1-5-12(13)14(10-16)17-8-7-11-4-3-9-18-11/h1-6,9,14,17H,7-8H2/p+1. The third kappa shape index (κ3) is 3.33. The number of rotatable bonds is 5. The first-order valence-corrected chi connectivity index (χ1v) is 7.07. The molecule has 1 atom stereocenters. The predicted octanol–water partition coefficient (Wildman–Crippen LogP) is 2.77. The van der Waals surface area contributed by atoms with E-state index in [-0.39, 0.29) is 6.04 Å². The molecule has 0 amide bonds. The second-order valence-electron chi connectivity index (χ2n) is 3.98. The molecule has 0 aliphatic heterocycles. The average molecular weight is 278 g/mol. The summed E-state index contributed by atoms with van der Waals surface area (Å²) >= 11 is 7.86. The van der Waals surface area contributed by atoms with E-state index in [1.807, 2.05) is 29.6 Å². The van der Waals surface area contributed by atoms with Crippen molar-refractivity contribution in [2.45, 2.75) is 12.5 Å². The number of hydrogen-bond acceptors (Lipinski definition) is 2. The van der Waals surface area contributed by atoms with Crippen LogP contribution in [0.4, 0.5) is 0 Å². The maximum absolute atomic E-state index is 9.22. The van der Waals surface area contributed by atoms with Crippen LogP contribution in [0.2, 0.25) is 5.02 Å². The maximum atomic E-state index is 9.22. The van der Waals surface area contributed by atoms with E-state index in [4.69, 9.17) is 11.6 Å². The fourth-order valence-electron chi connectivity index (χ4n) is 1.82. The van der Waals surface area contributed by atoms with Crippen LogP contribution in [0.5, 0.6) is 0 Å². The SMILES string of the molecule is N#CC([NH2+]CCc1cccs1)c1ccccc1Cl. The van der Waals surface area contributed by atoms with E-state index in [2.05, 4.69) is 23.6 Å². The van der Waals surface area contributed by atoms with E-state index >= 15 is 0 Å². The molecule has 1 aromatic carbocycles. The molecule has 0 saturated heterocycles. The number of halogens is 1. The van der Waals surface area contributed by atoms with Gasteiger partial charge in [0, 0.05) is 16.9 Å². The summed E-state index contributed by atoms with van der Waals surface area (Å²) in [6.07, 6.45) is 0.986. The van der Waals surface area contributed by atoms with Gasteiger partial charge in [0.25, 0.3) is 0 Å². The van der Waals surface area contributed by atoms with Crippen molar-refractivity contribution in [2.75, 3.05) is 6.54 Å². The highest BCUT2D eigenvalue weighted by molar-refractivity contribution is 7.09. The molecule has 0 bridgehead atoms. The van der Waals surface area contributed by atoms with Crippen LogP contribution in [0.3, 0.4) is 0 Å². The lowest BCUT2D eigenvalue weighted by molar-refractivity contribution is -0.683. The summed E-state index contributed by atoms with van der Waals surface area (Å²) in [4.78, 5) is 1.35. The Morgan fingerprint density at radius 1 is 1.28 bits per heavy atom. The van der Waals surface area contributed by atoms with Crippen LogP contribution in [0.15, 0.2) is 41.8 Å². The minimum Gasteiger partial charge on any atom is -0.328 e. The Hall–Kier alpha value is -1.34. The van der Waals surface area contributed by atoms with E-state index in [1.54, 1.807) is 11.3 Å². The lowest BCUT2D eigenvalue weighted by Gasteiger charge is -2.09. The first-order valence-electron chi connectivity index (χ1n) is 5.81. The zero-order valence-electron chi connectivity index (χ0n) is 9.84. The maximum Gasteiger partial charge on any atom is 0.200 e. The number of hydrogen-bond donors (Lipinski definition) is 1. The quantitative estimate of drug-likeness (QED) is 0.897. The van der Waals surface area contributed by atoms with Crippen LogP contribution < -0.4 is 5.32 Å². The molecule has 0 radical (unpaired) electrons. The Balaban J connectivity index is 1.94. The van der Waals surface area contributed by atoms with Crippen LogP contribution in [0.25, 0.3) is 0 Å². The monoisotopic (exact) mass is 277 g/mol. The summed E-state index contributed by atoms with van der Waals surface area (Å²) in [6.45, 7) is 0.893. The van der Waals surface area contributed by atoms with Crippen LogP contribution in [0.1, 0.15) is 16.5 Å². The molecule has 2 rings (SSSR count). The number of benzene rings is 1. The first-order chi connectivity index (χ1) is 8.81. The predicted molar refractivity (Wildman–Crippen MR) is 74.6 cm³/mol. The fourth-order valence-corrected chi connectivity index (χ4v) is 2.80. The van der Waals surface area contributed by atoms with E-state index < -0.39 is 0 Å². The largest absolute Gasteiger partial charge is 0.328 e. The Labute approximate surface area is 116 Å². The second-order valence-corrected chi connectivity index (χ2v) is 5.42. The highest BCUT2D eigenvalue weighted by Crippen LogP contribution is 2.19. The fraction of sp³-hybridized carbons (Fsp3) is 0.214. The van der Waals surface area contributed by atoms with Crippen molar-refractivity contribution in [2.24, 2.45) is 0 Å². The summed E-state index contributed by atoms with van der Waals surface area (Å²) in [5.74, 6) is 0. The van der Waals surface area contributed by atoms with Gasteiger partial charge in [-0.05, 0) is 17.5 Å². The molecule has 1 heterocycles. The molecule has 0 aliphatic carbocycles. The minimum atomic E-state index is -0.223. The van der Waals surface area contributed by atoms with Crippen molar-refractivity contribution in [3.05, 3.63) is 57.2 Å². The molecule has 0 fully saturated rings. The number of quaternary nitrogens is 1. The number of nitrogens with two attached hydrogens (primary N) is 1. The molecule has 0 spiro atoms. The van der Waals surface area contributed by atoms with Crippen LogP contribution in [0, 0.1) is 11.3 Å². The highest BCUT2D eigenvalue weighted by Gasteiger charge is 2.16. The van der Waals surface area contributed by atoms with Crippen molar-refractivity contribution in [1.29, 1.82) is 5.26 Å². The second kappa shape index (κ2) is 6.55. The van der Waals surface area contributed by atoms with Gasteiger partial charge in [-0.1, -0.05) is 35.9 Å². The Bertz CT molecular complexity index is 531. The van der Waals surface area contributed by atoms with E-state index in [0.717, 1.165) is 18.5 Å². The van der Waals surface area contributed by atoms with Crippen molar-refractivity contribution >= 4 is 22.9 Å². The lowest BCUT2D eigenvalue weighted by Crippen LogP contribution is -2.85. The number of nitriles is 1. The van der Waals surface area contributed by atoms with Crippen LogP contribution in [-0.2, 0) is 6.42 Å². The van der Waals surface area contributed by atoms with Crippen molar-refractivity contribution in [3.63, 3.8) is 0 Å². The zero-order valence-corrected chi connectivity index (χ0v) is 11.4. The summed E-state index contributed by atoms with van der Waals surface area (Å²) in [5, 5.41) is 14.0. The molecule has 1 aromatic heterocycles. The molecule has 92 valence electrons. The third-order valence-electron chi connectivity index (χ3n) is 2.75. The van der Waals surface area contributed by atoms with Gasteiger partial charge in [-0.25, -0.2) is 0 Å². The number of thiophene rings is 1. The highest BCUT2D eigenvalue weighted by atomic mass is 35.5. The van der Waals surface area contributed by atoms with E-state index in [0.29, 0.717) is 5.02 Å². The van der Waals surface area contributed by atoms with Gasteiger partial charge in [-0.3, -0.25) is 0 Å². The molecule has 1 unspecified atom stereocenters. The van der Waals surface area contributed by atoms with Gasteiger partial charge in [0.15, 0.2) is 0 Å². The smallest absolute Gasteiger partial charge is 0.200 e.